The monoisotopic (exact) mass is 392 g/mol. The van der Waals surface area contributed by atoms with Gasteiger partial charge in [-0.05, 0) is 85.8 Å². The van der Waals surface area contributed by atoms with Crippen LogP contribution in [-0.4, -0.2) is 10.5 Å². The first kappa shape index (κ1) is 18.9. The highest BCUT2D eigenvalue weighted by molar-refractivity contribution is 6.02. The largest absolute Gasteiger partial charge is 0.325 e. The number of nitrogens with zero attached hydrogens (tertiary/aromatic N) is 1. The van der Waals surface area contributed by atoms with Gasteiger partial charge in [0.15, 0.2) is 0 Å². The van der Waals surface area contributed by atoms with Crippen LogP contribution in [0.4, 0.5) is 5.69 Å². The highest BCUT2D eigenvalue weighted by Gasteiger charge is 2.51. The van der Waals surface area contributed by atoms with E-state index in [-0.39, 0.29) is 16.9 Å². The minimum Gasteiger partial charge on any atom is -0.325 e. The number of amides is 1. The van der Waals surface area contributed by atoms with Gasteiger partial charge in [-0.15, -0.1) is 0 Å². The van der Waals surface area contributed by atoms with Gasteiger partial charge in [0.05, 0.1) is 0 Å². The summed E-state index contributed by atoms with van der Waals surface area (Å²) in [6, 6.07) is 7.64. The quantitative estimate of drug-likeness (QED) is 0.760. The summed E-state index contributed by atoms with van der Waals surface area (Å²) in [7, 11) is 0. The summed E-state index contributed by atoms with van der Waals surface area (Å²) < 4.78 is 1.77. The number of carbonyl (C=O) groups is 1. The van der Waals surface area contributed by atoms with Crippen LogP contribution in [0.2, 0.25) is 0 Å². The second-order valence-corrected chi connectivity index (χ2v) is 10.6. The Kier molecular flexibility index (Phi) is 4.56. The number of hydrogen-bond acceptors (Lipinski definition) is 2. The molecule has 4 saturated carbocycles. The fourth-order valence-electron chi connectivity index (χ4n) is 7.01. The third-order valence-corrected chi connectivity index (χ3v) is 7.56. The molecule has 1 aromatic heterocycles. The summed E-state index contributed by atoms with van der Waals surface area (Å²) >= 11 is 0. The average Bonchev–Trinajstić information content (AvgIpc) is 2.62. The van der Waals surface area contributed by atoms with Gasteiger partial charge in [0.1, 0.15) is 0 Å². The lowest BCUT2D eigenvalue weighted by Gasteiger charge is -2.56. The molecule has 4 heteroatoms. The molecule has 6 rings (SSSR count). The fourth-order valence-corrected chi connectivity index (χ4v) is 7.01. The molecule has 1 aromatic carbocycles. The molecule has 0 unspecified atom stereocenters. The zero-order chi connectivity index (χ0) is 20.2. The van der Waals surface area contributed by atoms with Crippen LogP contribution >= 0.6 is 0 Å². The molecular formula is C25H32N2O2. The third-order valence-electron chi connectivity index (χ3n) is 7.56. The summed E-state index contributed by atoms with van der Waals surface area (Å²) in [5.41, 5.74) is 1.02. The maximum absolute atomic E-state index is 13.0. The van der Waals surface area contributed by atoms with Crippen molar-refractivity contribution >= 4 is 22.4 Å². The number of hydrogen-bond donors (Lipinski definition) is 1. The topological polar surface area (TPSA) is 51.1 Å². The van der Waals surface area contributed by atoms with Crippen molar-refractivity contribution in [1.29, 1.82) is 0 Å². The minimum atomic E-state index is 0.0217. The number of aromatic nitrogens is 1. The van der Waals surface area contributed by atoms with Gasteiger partial charge in [-0.2, -0.15) is 0 Å². The Morgan fingerprint density at radius 1 is 1.07 bits per heavy atom. The van der Waals surface area contributed by atoms with Gasteiger partial charge < -0.3 is 9.88 Å². The van der Waals surface area contributed by atoms with Gasteiger partial charge in [0.25, 0.3) is 5.56 Å². The summed E-state index contributed by atoms with van der Waals surface area (Å²) in [4.78, 5) is 25.9. The zero-order valence-electron chi connectivity index (χ0n) is 17.6. The molecule has 0 saturated heterocycles. The Morgan fingerprint density at radius 2 is 1.72 bits per heavy atom. The predicted octanol–water partition coefficient (Wildman–Crippen LogP) is 5.20. The predicted molar refractivity (Wildman–Crippen MR) is 117 cm³/mol. The normalized spacial score (nSPS) is 30.2. The molecule has 1 N–H and O–H groups in total. The van der Waals surface area contributed by atoms with E-state index in [1.807, 2.05) is 30.5 Å². The van der Waals surface area contributed by atoms with Gasteiger partial charge >= 0.3 is 0 Å². The number of nitrogens with one attached hydrogen (secondary N) is 1. The third kappa shape index (κ3) is 3.51. The van der Waals surface area contributed by atoms with E-state index in [1.54, 1.807) is 4.57 Å². The van der Waals surface area contributed by atoms with Gasteiger partial charge in [-0.25, -0.2) is 0 Å². The van der Waals surface area contributed by atoms with Crippen molar-refractivity contribution in [2.24, 2.45) is 29.1 Å². The number of rotatable bonds is 5. The van der Waals surface area contributed by atoms with E-state index in [4.69, 9.17) is 0 Å². The van der Waals surface area contributed by atoms with E-state index in [0.717, 1.165) is 28.8 Å². The van der Waals surface area contributed by atoms with E-state index in [1.165, 1.54) is 38.5 Å². The molecule has 0 aliphatic heterocycles. The molecule has 4 aliphatic rings. The molecule has 0 atom stereocenters. The number of fused-ring (bicyclic) bond motifs is 1. The molecule has 4 fully saturated rings. The van der Waals surface area contributed by atoms with Crippen LogP contribution in [0, 0.1) is 29.1 Å². The first-order valence-corrected chi connectivity index (χ1v) is 11.3. The van der Waals surface area contributed by atoms with E-state index in [2.05, 4.69) is 19.2 Å². The summed E-state index contributed by atoms with van der Waals surface area (Å²) in [6.07, 6.45) is 10.4. The molecular weight excluding hydrogens is 360 g/mol. The Balaban J connectivity index is 1.37. The molecule has 1 heterocycles. The van der Waals surface area contributed by atoms with Crippen molar-refractivity contribution < 1.29 is 4.79 Å². The SMILES string of the molecule is CC(C)Cn1ccc2c(NC(=O)CC34CC5CC(CC(C5)C3)C4)cccc2c1=O. The highest BCUT2D eigenvalue weighted by atomic mass is 16.1. The van der Waals surface area contributed by atoms with Crippen molar-refractivity contribution in [3.8, 4) is 0 Å². The van der Waals surface area contributed by atoms with Crippen LogP contribution in [0.3, 0.4) is 0 Å². The lowest BCUT2D eigenvalue weighted by molar-refractivity contribution is -0.124. The molecule has 4 aliphatic carbocycles. The Hall–Kier alpha value is -2.10. The van der Waals surface area contributed by atoms with Crippen LogP contribution in [0.5, 0.6) is 0 Å². The summed E-state index contributed by atoms with van der Waals surface area (Å²) in [6.45, 7) is 4.92. The van der Waals surface area contributed by atoms with Crippen molar-refractivity contribution in [2.45, 2.75) is 65.3 Å². The van der Waals surface area contributed by atoms with Crippen molar-refractivity contribution in [3.05, 3.63) is 40.8 Å². The highest BCUT2D eigenvalue weighted by Crippen LogP contribution is 2.61. The van der Waals surface area contributed by atoms with Crippen LogP contribution in [0.1, 0.15) is 58.8 Å². The van der Waals surface area contributed by atoms with Crippen LogP contribution in [-0.2, 0) is 11.3 Å². The number of pyridine rings is 1. The van der Waals surface area contributed by atoms with Gasteiger partial charge in [0.2, 0.25) is 5.91 Å². The fraction of sp³-hybridized carbons (Fsp3) is 0.600. The van der Waals surface area contributed by atoms with Gasteiger partial charge in [-0.3, -0.25) is 9.59 Å². The van der Waals surface area contributed by atoms with Gasteiger partial charge in [0, 0.05) is 35.6 Å². The lowest BCUT2D eigenvalue weighted by atomic mass is 9.49. The maximum atomic E-state index is 13.0. The lowest BCUT2D eigenvalue weighted by Crippen LogP contribution is -2.47. The second-order valence-electron chi connectivity index (χ2n) is 10.6. The van der Waals surface area contributed by atoms with Crippen LogP contribution < -0.4 is 10.9 Å². The van der Waals surface area contributed by atoms with E-state index < -0.39 is 0 Å². The second kappa shape index (κ2) is 7.00. The Labute approximate surface area is 172 Å². The first-order valence-electron chi connectivity index (χ1n) is 11.3. The summed E-state index contributed by atoms with van der Waals surface area (Å²) in [5.74, 6) is 3.09. The molecule has 154 valence electrons. The zero-order valence-corrected chi connectivity index (χ0v) is 17.6. The molecule has 0 radical (unpaired) electrons. The molecule has 4 bridgehead atoms. The van der Waals surface area contributed by atoms with E-state index >= 15 is 0 Å². The average molecular weight is 393 g/mol. The standard InChI is InChI=1S/C25H32N2O2/c1-16(2)15-27-7-6-20-21(24(27)29)4-3-5-22(20)26-23(28)14-25-11-17-8-18(12-25)10-19(9-17)13-25/h3-7,16-19H,8-15H2,1-2H3,(H,26,28). The first-order chi connectivity index (χ1) is 13.9. The minimum absolute atomic E-state index is 0.0217. The molecule has 0 spiro atoms. The number of benzene rings is 1. The maximum Gasteiger partial charge on any atom is 0.258 e. The summed E-state index contributed by atoms with van der Waals surface area (Å²) in [5, 5.41) is 4.69. The number of anilines is 1. The Bertz CT molecular complexity index is 968. The number of carbonyl (C=O) groups excluding carboxylic acids is 1. The van der Waals surface area contributed by atoms with Crippen molar-refractivity contribution in [2.75, 3.05) is 5.32 Å². The molecule has 2 aromatic rings. The van der Waals surface area contributed by atoms with Gasteiger partial charge in [-0.1, -0.05) is 19.9 Å². The Morgan fingerprint density at radius 3 is 2.34 bits per heavy atom. The molecule has 4 nitrogen and oxygen atoms in total. The van der Waals surface area contributed by atoms with E-state index in [9.17, 15) is 9.59 Å². The molecule has 1 amide bonds. The van der Waals surface area contributed by atoms with E-state index in [0.29, 0.717) is 24.3 Å². The molecule has 29 heavy (non-hydrogen) atoms. The van der Waals surface area contributed by atoms with Crippen LogP contribution in [0.15, 0.2) is 35.3 Å². The van der Waals surface area contributed by atoms with Crippen LogP contribution in [0.25, 0.3) is 10.8 Å². The smallest absolute Gasteiger partial charge is 0.258 e. The van der Waals surface area contributed by atoms with Crippen molar-refractivity contribution in [3.63, 3.8) is 0 Å². The van der Waals surface area contributed by atoms with Crippen molar-refractivity contribution in [1.82, 2.24) is 4.57 Å².